The third-order valence-corrected chi connectivity index (χ3v) is 4.07. The molecule has 3 rings (SSSR count). The molecule has 0 spiro atoms. The van der Waals surface area contributed by atoms with Crippen LogP contribution < -0.4 is 5.32 Å². The van der Waals surface area contributed by atoms with E-state index in [1.807, 2.05) is 45.9 Å². The molecule has 1 aromatic carbocycles. The number of aromatic nitrogens is 3. The number of nitrogens with zero attached hydrogens (tertiary/aromatic N) is 3. The second kappa shape index (κ2) is 6.39. The van der Waals surface area contributed by atoms with E-state index in [-0.39, 0.29) is 12.5 Å². The van der Waals surface area contributed by atoms with Gasteiger partial charge < -0.3 is 9.73 Å². The minimum atomic E-state index is -0.162. The Morgan fingerprint density at radius 1 is 1.17 bits per heavy atom. The van der Waals surface area contributed by atoms with Gasteiger partial charge in [0.05, 0.1) is 17.6 Å². The highest BCUT2D eigenvalue weighted by Gasteiger charge is 2.17. The Balaban J connectivity index is 1.93. The minimum absolute atomic E-state index is 0.162. The summed E-state index contributed by atoms with van der Waals surface area (Å²) in [4.78, 5) is 17.3. The summed E-state index contributed by atoms with van der Waals surface area (Å²) in [6.07, 6.45) is 0.674. The summed E-state index contributed by atoms with van der Waals surface area (Å²) in [7, 11) is 0. The molecule has 0 aliphatic rings. The average Bonchev–Trinajstić information content (AvgIpc) is 3.02. The Morgan fingerprint density at radius 3 is 2.62 bits per heavy atom. The minimum Gasteiger partial charge on any atom is -0.423 e. The van der Waals surface area contributed by atoms with Gasteiger partial charge in [-0.15, -0.1) is 10.2 Å². The normalized spacial score (nSPS) is 11.0. The van der Waals surface area contributed by atoms with E-state index in [9.17, 15) is 4.79 Å². The summed E-state index contributed by atoms with van der Waals surface area (Å²) in [6.45, 7) is 7.98. The number of aryl methyl sites for hydroxylation is 3. The zero-order valence-electron chi connectivity index (χ0n) is 14.3. The maximum atomic E-state index is 12.8. The van der Waals surface area contributed by atoms with Crippen LogP contribution >= 0.6 is 0 Å². The molecule has 6 nitrogen and oxygen atoms in total. The van der Waals surface area contributed by atoms with Crippen molar-refractivity contribution in [1.29, 1.82) is 0 Å². The Bertz CT molecular complexity index is 915. The van der Waals surface area contributed by atoms with Crippen LogP contribution in [0.4, 0.5) is 0 Å². The van der Waals surface area contributed by atoms with Crippen molar-refractivity contribution in [2.75, 3.05) is 0 Å². The standard InChI is InChI=1S/C18H20N4O2/c1-5-15-21-22-16(24-15)9-19-18(23)17-11(3)12(4)20-14-7-6-10(2)8-13(14)17/h6-8H,5,9H2,1-4H3,(H,19,23). The number of nitrogens with one attached hydrogen (secondary N) is 1. The zero-order valence-corrected chi connectivity index (χ0v) is 14.3. The van der Waals surface area contributed by atoms with Gasteiger partial charge in [0, 0.05) is 17.5 Å². The van der Waals surface area contributed by atoms with Gasteiger partial charge in [-0.3, -0.25) is 9.78 Å². The predicted molar refractivity (Wildman–Crippen MR) is 90.8 cm³/mol. The number of fused-ring (bicyclic) bond motifs is 1. The lowest BCUT2D eigenvalue weighted by molar-refractivity contribution is 0.0948. The number of carbonyl (C=O) groups excluding carboxylic acids is 1. The number of benzene rings is 1. The van der Waals surface area contributed by atoms with E-state index >= 15 is 0 Å². The van der Waals surface area contributed by atoms with Gasteiger partial charge in [0.15, 0.2) is 0 Å². The van der Waals surface area contributed by atoms with Crippen molar-refractivity contribution in [1.82, 2.24) is 20.5 Å². The molecule has 0 saturated carbocycles. The van der Waals surface area contributed by atoms with Crippen LogP contribution in [0, 0.1) is 20.8 Å². The first-order valence-electron chi connectivity index (χ1n) is 7.96. The molecule has 6 heteroatoms. The van der Waals surface area contributed by atoms with Gasteiger partial charge >= 0.3 is 0 Å². The van der Waals surface area contributed by atoms with Crippen LogP contribution in [0.3, 0.4) is 0 Å². The molecular formula is C18H20N4O2. The molecule has 0 fully saturated rings. The van der Waals surface area contributed by atoms with E-state index in [1.54, 1.807) is 0 Å². The molecule has 24 heavy (non-hydrogen) atoms. The van der Waals surface area contributed by atoms with Crippen molar-refractivity contribution < 1.29 is 9.21 Å². The van der Waals surface area contributed by atoms with E-state index in [2.05, 4.69) is 20.5 Å². The largest absolute Gasteiger partial charge is 0.423 e. The lowest BCUT2D eigenvalue weighted by Gasteiger charge is -2.12. The molecule has 2 heterocycles. The molecule has 1 amide bonds. The number of pyridine rings is 1. The topological polar surface area (TPSA) is 80.9 Å². The first kappa shape index (κ1) is 16.1. The van der Waals surface area contributed by atoms with Crippen molar-refractivity contribution >= 4 is 16.8 Å². The highest BCUT2D eigenvalue weighted by molar-refractivity contribution is 6.07. The maximum absolute atomic E-state index is 12.8. The van der Waals surface area contributed by atoms with Crippen LogP contribution in [0.25, 0.3) is 10.9 Å². The lowest BCUT2D eigenvalue weighted by atomic mass is 9.99. The maximum Gasteiger partial charge on any atom is 0.252 e. The van der Waals surface area contributed by atoms with Gasteiger partial charge in [-0.25, -0.2) is 0 Å². The van der Waals surface area contributed by atoms with Crippen LogP contribution in [-0.2, 0) is 13.0 Å². The van der Waals surface area contributed by atoms with Crippen molar-refractivity contribution in [3.63, 3.8) is 0 Å². The molecule has 1 N–H and O–H groups in total. The summed E-state index contributed by atoms with van der Waals surface area (Å²) < 4.78 is 5.43. The summed E-state index contributed by atoms with van der Waals surface area (Å²) in [5.74, 6) is 0.810. The molecule has 0 unspecified atom stereocenters. The molecule has 3 aromatic rings. The highest BCUT2D eigenvalue weighted by atomic mass is 16.4. The van der Waals surface area contributed by atoms with Crippen LogP contribution in [0.2, 0.25) is 0 Å². The first-order chi connectivity index (χ1) is 11.5. The number of amides is 1. The highest BCUT2D eigenvalue weighted by Crippen LogP contribution is 2.24. The molecule has 0 saturated heterocycles. The van der Waals surface area contributed by atoms with Crippen molar-refractivity contribution in [2.24, 2.45) is 0 Å². The monoisotopic (exact) mass is 324 g/mol. The summed E-state index contributed by atoms with van der Waals surface area (Å²) in [6, 6.07) is 5.93. The second-order valence-corrected chi connectivity index (χ2v) is 5.84. The molecule has 0 radical (unpaired) electrons. The second-order valence-electron chi connectivity index (χ2n) is 5.84. The first-order valence-corrected chi connectivity index (χ1v) is 7.96. The average molecular weight is 324 g/mol. The van der Waals surface area contributed by atoms with Gasteiger partial charge in [0.1, 0.15) is 0 Å². The Kier molecular flexibility index (Phi) is 4.29. The predicted octanol–water partition coefficient (Wildman–Crippen LogP) is 3.04. The van der Waals surface area contributed by atoms with Crippen molar-refractivity contribution in [3.8, 4) is 0 Å². The Labute approximate surface area is 140 Å². The van der Waals surface area contributed by atoms with Crippen molar-refractivity contribution in [2.45, 2.75) is 40.7 Å². The quantitative estimate of drug-likeness (QED) is 0.798. The van der Waals surface area contributed by atoms with Crippen LogP contribution in [0.1, 0.15) is 45.9 Å². The molecule has 2 aromatic heterocycles. The molecule has 0 aliphatic heterocycles. The third-order valence-electron chi connectivity index (χ3n) is 4.07. The fourth-order valence-electron chi connectivity index (χ4n) is 2.63. The lowest BCUT2D eigenvalue weighted by Crippen LogP contribution is -2.24. The smallest absolute Gasteiger partial charge is 0.252 e. The van der Waals surface area contributed by atoms with Gasteiger partial charge in [-0.2, -0.15) is 0 Å². The van der Waals surface area contributed by atoms with Crippen LogP contribution in [0.15, 0.2) is 22.6 Å². The summed E-state index contributed by atoms with van der Waals surface area (Å²) in [5, 5.41) is 11.6. The molecule has 124 valence electrons. The third kappa shape index (κ3) is 2.99. The van der Waals surface area contributed by atoms with Crippen molar-refractivity contribution in [3.05, 3.63) is 52.4 Å². The van der Waals surface area contributed by atoms with Gasteiger partial charge in [0.25, 0.3) is 5.91 Å². The molecule has 0 atom stereocenters. The number of carbonyl (C=O) groups is 1. The summed E-state index contributed by atoms with van der Waals surface area (Å²) >= 11 is 0. The number of rotatable bonds is 4. The van der Waals surface area contributed by atoms with Gasteiger partial charge in [-0.05, 0) is 38.5 Å². The summed E-state index contributed by atoms with van der Waals surface area (Å²) in [5.41, 5.74) is 4.29. The molecular weight excluding hydrogens is 304 g/mol. The van der Waals surface area contributed by atoms with Gasteiger partial charge in [0.2, 0.25) is 11.8 Å². The zero-order chi connectivity index (χ0) is 17.3. The van der Waals surface area contributed by atoms with Gasteiger partial charge in [-0.1, -0.05) is 18.6 Å². The van der Waals surface area contributed by atoms with E-state index in [0.717, 1.165) is 27.7 Å². The van der Waals surface area contributed by atoms with E-state index in [1.165, 1.54) is 0 Å². The van der Waals surface area contributed by atoms with Crippen LogP contribution in [-0.4, -0.2) is 21.1 Å². The molecule has 0 bridgehead atoms. The number of hydrogen-bond acceptors (Lipinski definition) is 5. The Hall–Kier alpha value is -2.76. The van der Waals surface area contributed by atoms with E-state index < -0.39 is 0 Å². The van der Waals surface area contributed by atoms with E-state index in [4.69, 9.17) is 4.42 Å². The Morgan fingerprint density at radius 2 is 1.92 bits per heavy atom. The molecule has 0 aliphatic carbocycles. The van der Waals surface area contributed by atoms with E-state index in [0.29, 0.717) is 23.8 Å². The number of hydrogen-bond donors (Lipinski definition) is 1. The SMILES string of the molecule is CCc1nnc(CNC(=O)c2c(C)c(C)nc3ccc(C)cc23)o1. The fraction of sp³-hybridized carbons (Fsp3) is 0.333. The fourth-order valence-corrected chi connectivity index (χ4v) is 2.63. The van der Waals surface area contributed by atoms with Crippen LogP contribution in [0.5, 0.6) is 0 Å².